The van der Waals surface area contributed by atoms with E-state index in [1.54, 1.807) is 41.2 Å². The lowest BCUT2D eigenvalue weighted by Gasteiger charge is -2.33. The summed E-state index contributed by atoms with van der Waals surface area (Å²) in [4.78, 5) is 29.1. The molecule has 2 aromatic heterocycles. The summed E-state index contributed by atoms with van der Waals surface area (Å²) in [6, 6.07) is 9.59. The van der Waals surface area contributed by atoms with Gasteiger partial charge in [0.1, 0.15) is 12.2 Å². The molecule has 0 saturated heterocycles. The van der Waals surface area contributed by atoms with Crippen LogP contribution in [0.4, 0.5) is 18.9 Å². The van der Waals surface area contributed by atoms with E-state index >= 15 is 0 Å². The SMILES string of the molecule is C=CC(=O)N1Cc2cnn([C@H](C)c3cc4c(c(C(F)(F)F)c3)CN(c3cccc([C@H](c5nncn5C)C5CCC5)c3)C4=O)c2C1. The van der Waals surface area contributed by atoms with Gasteiger partial charge < -0.3 is 14.4 Å². The van der Waals surface area contributed by atoms with Crippen LogP contribution < -0.4 is 4.90 Å². The van der Waals surface area contributed by atoms with Crippen LogP contribution in [0.2, 0.25) is 0 Å². The van der Waals surface area contributed by atoms with Crippen LogP contribution in [0, 0.1) is 5.92 Å². The molecule has 3 aliphatic rings. The largest absolute Gasteiger partial charge is 0.416 e. The quantitative estimate of drug-likeness (QED) is 0.247. The number of anilines is 1. The van der Waals surface area contributed by atoms with Crippen molar-refractivity contribution in [1.29, 1.82) is 0 Å². The lowest BCUT2D eigenvalue weighted by molar-refractivity contribution is -0.138. The van der Waals surface area contributed by atoms with Gasteiger partial charge in [-0.1, -0.05) is 25.1 Å². The van der Waals surface area contributed by atoms with Gasteiger partial charge in [-0.15, -0.1) is 10.2 Å². The number of halogens is 3. The number of hydrogen-bond acceptors (Lipinski definition) is 5. The van der Waals surface area contributed by atoms with E-state index in [0.717, 1.165) is 48.0 Å². The van der Waals surface area contributed by atoms with Crippen LogP contribution >= 0.6 is 0 Å². The van der Waals surface area contributed by atoms with Crippen LogP contribution in [0.15, 0.2) is 61.6 Å². The first-order valence-electron chi connectivity index (χ1n) is 15.0. The molecule has 2 atom stereocenters. The van der Waals surface area contributed by atoms with Gasteiger partial charge in [-0.3, -0.25) is 14.3 Å². The van der Waals surface area contributed by atoms with E-state index in [4.69, 9.17) is 0 Å². The fourth-order valence-electron chi connectivity index (χ4n) is 6.93. The lowest BCUT2D eigenvalue weighted by atomic mass is 9.72. The van der Waals surface area contributed by atoms with E-state index in [-0.39, 0.29) is 36.0 Å². The number of rotatable bonds is 7. The summed E-state index contributed by atoms with van der Waals surface area (Å²) in [6.45, 7) is 5.74. The Morgan fingerprint density at radius 2 is 1.91 bits per heavy atom. The summed E-state index contributed by atoms with van der Waals surface area (Å²) in [5, 5.41) is 12.9. The monoisotopic (exact) mass is 615 g/mol. The standard InChI is InChI=1S/C33H32F3N7O2/c1-4-29(44)41-15-23-14-38-43(28(23)17-41)19(2)22-12-25-26(27(13-22)33(34,35)36)16-42(32(25)45)24-10-6-9-21(11-24)30(20-7-5-8-20)31-39-37-18-40(31)3/h4,6,9-14,18-20,30H,1,5,7-8,15-17H2,2-3H3/t19-,30-/m1/s1. The molecule has 1 fully saturated rings. The Kier molecular flexibility index (Phi) is 6.90. The molecule has 4 aromatic rings. The normalized spacial score (nSPS) is 17.7. The number of amides is 2. The molecule has 12 heteroatoms. The van der Waals surface area contributed by atoms with Crippen LogP contribution in [0.1, 0.15) is 87.8 Å². The van der Waals surface area contributed by atoms with Crippen molar-refractivity contribution in [3.8, 4) is 0 Å². The average molecular weight is 616 g/mol. The number of hydrogen-bond donors (Lipinski definition) is 0. The number of nitrogens with zero attached hydrogens (tertiary/aromatic N) is 7. The van der Waals surface area contributed by atoms with E-state index in [0.29, 0.717) is 23.7 Å². The predicted octanol–water partition coefficient (Wildman–Crippen LogP) is 5.76. The maximum Gasteiger partial charge on any atom is 0.416 e. The van der Waals surface area contributed by atoms with Crippen LogP contribution in [-0.2, 0) is 37.7 Å². The molecule has 0 spiro atoms. The topological polar surface area (TPSA) is 89.2 Å². The molecule has 2 aliphatic heterocycles. The average Bonchev–Trinajstić information content (AvgIpc) is 3.77. The highest BCUT2D eigenvalue weighted by molar-refractivity contribution is 6.10. The fraction of sp³-hybridized carbons (Fsp3) is 0.364. The van der Waals surface area contributed by atoms with Gasteiger partial charge in [0.15, 0.2) is 0 Å². The Morgan fingerprint density at radius 3 is 2.58 bits per heavy atom. The van der Waals surface area contributed by atoms with Crippen LogP contribution in [0.3, 0.4) is 0 Å². The van der Waals surface area contributed by atoms with Gasteiger partial charge in [0.05, 0.1) is 36.6 Å². The molecular weight excluding hydrogens is 583 g/mol. The zero-order chi connectivity index (χ0) is 31.6. The molecule has 0 bridgehead atoms. The number of fused-ring (bicyclic) bond motifs is 2. The van der Waals surface area contributed by atoms with E-state index in [2.05, 4.69) is 21.9 Å². The van der Waals surface area contributed by atoms with Crippen molar-refractivity contribution in [2.24, 2.45) is 13.0 Å². The third-order valence-corrected chi connectivity index (χ3v) is 9.58. The van der Waals surface area contributed by atoms with Gasteiger partial charge in [0.2, 0.25) is 5.91 Å². The molecule has 2 amide bonds. The zero-order valence-electron chi connectivity index (χ0n) is 25.0. The Labute approximate surface area is 258 Å². The van der Waals surface area contributed by atoms with Gasteiger partial charge in [0, 0.05) is 36.3 Å². The molecule has 232 valence electrons. The van der Waals surface area contributed by atoms with Gasteiger partial charge in [-0.05, 0) is 72.7 Å². The summed E-state index contributed by atoms with van der Waals surface area (Å²) in [5.41, 5.74) is 2.57. The highest BCUT2D eigenvalue weighted by atomic mass is 19.4. The fourth-order valence-corrected chi connectivity index (χ4v) is 6.93. The number of aryl methyl sites for hydroxylation is 1. The van der Waals surface area contributed by atoms with Crippen molar-refractivity contribution in [1.82, 2.24) is 29.4 Å². The second-order valence-electron chi connectivity index (χ2n) is 12.2. The van der Waals surface area contributed by atoms with Gasteiger partial charge in [-0.2, -0.15) is 18.3 Å². The molecule has 4 heterocycles. The first-order valence-corrected chi connectivity index (χ1v) is 15.0. The maximum absolute atomic E-state index is 14.6. The summed E-state index contributed by atoms with van der Waals surface area (Å²) in [5.74, 6) is 0.466. The second-order valence-corrected chi connectivity index (χ2v) is 12.2. The molecule has 45 heavy (non-hydrogen) atoms. The molecule has 0 radical (unpaired) electrons. The molecule has 7 rings (SSSR count). The second kappa shape index (κ2) is 10.7. The van der Waals surface area contributed by atoms with Crippen LogP contribution in [-0.4, -0.2) is 41.3 Å². The molecule has 1 saturated carbocycles. The van der Waals surface area contributed by atoms with Crippen molar-refractivity contribution in [3.63, 3.8) is 0 Å². The van der Waals surface area contributed by atoms with Crippen molar-refractivity contribution in [2.45, 2.75) is 64.0 Å². The first kappa shape index (κ1) is 29.0. The Bertz CT molecular complexity index is 1840. The number of carbonyl (C=O) groups excluding carboxylic acids is 2. The summed E-state index contributed by atoms with van der Waals surface area (Å²) >= 11 is 0. The van der Waals surface area contributed by atoms with E-state index in [1.807, 2.05) is 29.8 Å². The summed E-state index contributed by atoms with van der Waals surface area (Å²) in [6.07, 6.45) is 3.10. The lowest BCUT2D eigenvalue weighted by Crippen LogP contribution is -2.26. The highest BCUT2D eigenvalue weighted by Gasteiger charge is 2.42. The van der Waals surface area contributed by atoms with E-state index in [9.17, 15) is 22.8 Å². The van der Waals surface area contributed by atoms with Gasteiger partial charge >= 0.3 is 6.18 Å². The van der Waals surface area contributed by atoms with Crippen molar-refractivity contribution < 1.29 is 22.8 Å². The Morgan fingerprint density at radius 1 is 1.11 bits per heavy atom. The molecule has 0 unspecified atom stereocenters. The summed E-state index contributed by atoms with van der Waals surface area (Å²) in [7, 11) is 1.90. The maximum atomic E-state index is 14.6. The van der Waals surface area contributed by atoms with Gasteiger partial charge in [-0.25, -0.2) is 0 Å². The summed E-state index contributed by atoms with van der Waals surface area (Å²) < 4.78 is 47.2. The molecule has 0 N–H and O–H groups in total. The minimum Gasteiger partial charge on any atom is -0.329 e. The van der Waals surface area contributed by atoms with Crippen molar-refractivity contribution >= 4 is 17.5 Å². The number of aromatic nitrogens is 5. The third kappa shape index (κ3) is 4.83. The number of benzene rings is 2. The number of alkyl halides is 3. The first-order chi connectivity index (χ1) is 21.5. The van der Waals surface area contributed by atoms with Gasteiger partial charge in [0.25, 0.3) is 5.91 Å². The van der Waals surface area contributed by atoms with Crippen LogP contribution in [0.5, 0.6) is 0 Å². The minimum absolute atomic E-state index is 0.0297. The number of carbonyl (C=O) groups is 2. The Balaban J connectivity index is 1.23. The zero-order valence-corrected chi connectivity index (χ0v) is 25.0. The minimum atomic E-state index is -4.67. The molecule has 1 aliphatic carbocycles. The predicted molar refractivity (Wildman–Crippen MR) is 159 cm³/mol. The molecule has 2 aromatic carbocycles. The molecular formula is C33H32F3N7O2. The highest BCUT2D eigenvalue weighted by Crippen LogP contribution is 2.45. The van der Waals surface area contributed by atoms with Crippen molar-refractivity contribution in [2.75, 3.05) is 4.90 Å². The smallest absolute Gasteiger partial charge is 0.329 e. The molecule has 9 nitrogen and oxygen atoms in total. The third-order valence-electron chi connectivity index (χ3n) is 9.58. The van der Waals surface area contributed by atoms with Crippen LogP contribution in [0.25, 0.3) is 0 Å². The van der Waals surface area contributed by atoms with E-state index < -0.39 is 23.7 Å². The van der Waals surface area contributed by atoms with Crippen molar-refractivity contribution in [3.05, 3.63) is 106 Å². The van der Waals surface area contributed by atoms with E-state index in [1.165, 1.54) is 11.0 Å². The Hall–Kier alpha value is -4.74.